The van der Waals surface area contributed by atoms with E-state index in [4.69, 9.17) is 0 Å². The Kier molecular flexibility index (Phi) is 5.36. The maximum atomic E-state index is 11.7. The molecule has 4 nitrogen and oxygen atoms in total. The number of likely N-dealkylation sites (tertiary alicyclic amines) is 1. The average Bonchev–Trinajstić information content (AvgIpc) is 2.42. The van der Waals surface area contributed by atoms with Gasteiger partial charge in [0.05, 0.1) is 6.54 Å². The second kappa shape index (κ2) is 7.26. The summed E-state index contributed by atoms with van der Waals surface area (Å²) in [6.45, 7) is 2.43. The van der Waals surface area contributed by atoms with Crippen LogP contribution in [0.15, 0.2) is 30.3 Å². The molecule has 1 amide bonds. The highest BCUT2D eigenvalue weighted by Crippen LogP contribution is 2.13. The number of para-hydroxylation sites is 1. The predicted molar refractivity (Wildman–Crippen MR) is 78.2 cm³/mol. The molecule has 1 aliphatic heterocycles. The normalized spacial score (nSPS) is 20.2. The van der Waals surface area contributed by atoms with Crippen LogP contribution in [0.1, 0.15) is 19.3 Å². The van der Waals surface area contributed by atoms with Crippen LogP contribution >= 0.6 is 0 Å². The van der Waals surface area contributed by atoms with Crippen molar-refractivity contribution in [3.05, 3.63) is 30.3 Å². The summed E-state index contributed by atoms with van der Waals surface area (Å²) in [4.78, 5) is 14.1. The number of hydrogen-bond acceptors (Lipinski definition) is 3. The van der Waals surface area contributed by atoms with Crippen molar-refractivity contribution in [2.24, 2.45) is 0 Å². The fourth-order valence-corrected chi connectivity index (χ4v) is 2.48. The summed E-state index contributed by atoms with van der Waals surface area (Å²) in [5.41, 5.74) is 0.851. The van der Waals surface area contributed by atoms with Crippen LogP contribution in [-0.2, 0) is 4.79 Å². The summed E-state index contributed by atoms with van der Waals surface area (Å²) >= 11 is 0. The molecular weight excluding hydrogens is 238 g/mol. The summed E-state index contributed by atoms with van der Waals surface area (Å²) in [6.07, 6.45) is 3.82. The number of amides is 1. The first-order valence-electron chi connectivity index (χ1n) is 7.01. The van der Waals surface area contributed by atoms with Gasteiger partial charge in [0, 0.05) is 18.3 Å². The maximum Gasteiger partial charge on any atom is 0.238 e. The first-order chi connectivity index (χ1) is 9.25. The van der Waals surface area contributed by atoms with Crippen LogP contribution in [0, 0.1) is 0 Å². The number of nitrogens with zero attached hydrogens (tertiary/aromatic N) is 1. The van der Waals surface area contributed by atoms with Crippen molar-refractivity contribution in [1.82, 2.24) is 10.2 Å². The molecule has 0 saturated carbocycles. The monoisotopic (exact) mass is 261 g/mol. The quantitative estimate of drug-likeness (QED) is 0.848. The Morgan fingerprint density at radius 1 is 1.32 bits per heavy atom. The Balaban J connectivity index is 1.66. The molecule has 1 fully saturated rings. The molecule has 0 bridgehead atoms. The second-order valence-electron chi connectivity index (χ2n) is 5.18. The molecule has 1 atom stereocenters. The van der Waals surface area contributed by atoms with Gasteiger partial charge >= 0.3 is 0 Å². The van der Waals surface area contributed by atoms with E-state index < -0.39 is 0 Å². The summed E-state index contributed by atoms with van der Waals surface area (Å²) < 4.78 is 0. The topological polar surface area (TPSA) is 44.4 Å². The van der Waals surface area contributed by atoms with Crippen molar-refractivity contribution < 1.29 is 4.79 Å². The molecule has 1 aromatic carbocycles. The number of benzene rings is 1. The molecule has 0 spiro atoms. The van der Waals surface area contributed by atoms with E-state index in [1.165, 1.54) is 25.8 Å². The van der Waals surface area contributed by atoms with E-state index in [-0.39, 0.29) is 5.91 Å². The van der Waals surface area contributed by atoms with Gasteiger partial charge in [-0.25, -0.2) is 0 Å². The Labute approximate surface area is 115 Å². The molecule has 2 rings (SSSR count). The molecule has 1 aliphatic rings. The molecule has 1 unspecified atom stereocenters. The molecule has 1 aromatic rings. The van der Waals surface area contributed by atoms with E-state index >= 15 is 0 Å². The van der Waals surface area contributed by atoms with Crippen LogP contribution in [-0.4, -0.2) is 43.5 Å². The molecule has 104 valence electrons. The number of anilines is 1. The SMILES string of the molecule is CN1CCCCC1CNCC(=O)Nc1ccccc1. The van der Waals surface area contributed by atoms with Crippen LogP contribution in [0.2, 0.25) is 0 Å². The predicted octanol–water partition coefficient (Wildman–Crippen LogP) is 1.70. The van der Waals surface area contributed by atoms with E-state index in [0.717, 1.165) is 12.2 Å². The third-order valence-corrected chi connectivity index (χ3v) is 3.64. The largest absolute Gasteiger partial charge is 0.325 e. The molecule has 0 radical (unpaired) electrons. The van der Waals surface area contributed by atoms with Crippen molar-refractivity contribution in [1.29, 1.82) is 0 Å². The van der Waals surface area contributed by atoms with Gasteiger partial charge in [-0.1, -0.05) is 24.6 Å². The second-order valence-corrected chi connectivity index (χ2v) is 5.18. The van der Waals surface area contributed by atoms with E-state index in [1.54, 1.807) is 0 Å². The van der Waals surface area contributed by atoms with Gasteiger partial charge in [0.25, 0.3) is 0 Å². The van der Waals surface area contributed by atoms with Crippen LogP contribution < -0.4 is 10.6 Å². The Morgan fingerprint density at radius 2 is 2.11 bits per heavy atom. The molecule has 19 heavy (non-hydrogen) atoms. The Bertz CT molecular complexity index is 394. The highest BCUT2D eigenvalue weighted by Gasteiger charge is 2.18. The lowest BCUT2D eigenvalue weighted by Gasteiger charge is -2.32. The molecule has 2 N–H and O–H groups in total. The van der Waals surface area contributed by atoms with Crippen molar-refractivity contribution in [3.63, 3.8) is 0 Å². The summed E-state index contributed by atoms with van der Waals surface area (Å²) in [6, 6.07) is 10.1. The fraction of sp³-hybridized carbons (Fsp3) is 0.533. The lowest BCUT2D eigenvalue weighted by molar-refractivity contribution is -0.115. The van der Waals surface area contributed by atoms with Crippen LogP contribution in [0.4, 0.5) is 5.69 Å². The molecule has 0 aliphatic carbocycles. The highest BCUT2D eigenvalue weighted by molar-refractivity contribution is 5.92. The molecular formula is C15H23N3O. The van der Waals surface area contributed by atoms with Gasteiger partial charge in [0.1, 0.15) is 0 Å². The number of piperidine rings is 1. The molecule has 0 aromatic heterocycles. The lowest BCUT2D eigenvalue weighted by Crippen LogP contribution is -2.44. The molecule has 1 heterocycles. The summed E-state index contributed by atoms with van der Waals surface area (Å²) in [5.74, 6) is 0.0182. The van der Waals surface area contributed by atoms with Crippen molar-refractivity contribution >= 4 is 11.6 Å². The minimum absolute atomic E-state index is 0.0182. The zero-order chi connectivity index (χ0) is 13.5. The van der Waals surface area contributed by atoms with Gasteiger partial charge in [0.2, 0.25) is 5.91 Å². The minimum Gasteiger partial charge on any atom is -0.325 e. The van der Waals surface area contributed by atoms with Gasteiger partial charge in [-0.3, -0.25) is 4.79 Å². The number of carbonyl (C=O) groups excluding carboxylic acids is 1. The van der Waals surface area contributed by atoms with Crippen LogP contribution in [0.3, 0.4) is 0 Å². The van der Waals surface area contributed by atoms with Crippen molar-refractivity contribution in [2.45, 2.75) is 25.3 Å². The van der Waals surface area contributed by atoms with Gasteiger partial charge in [-0.05, 0) is 38.6 Å². The Morgan fingerprint density at radius 3 is 2.84 bits per heavy atom. The maximum absolute atomic E-state index is 11.7. The van der Waals surface area contributed by atoms with Gasteiger partial charge < -0.3 is 15.5 Å². The lowest BCUT2D eigenvalue weighted by atomic mass is 10.0. The standard InChI is InChI=1S/C15H23N3O/c1-18-10-6-5-9-14(18)11-16-12-15(19)17-13-7-3-2-4-8-13/h2-4,7-8,14,16H,5-6,9-12H2,1H3,(H,17,19). The fourth-order valence-electron chi connectivity index (χ4n) is 2.48. The van der Waals surface area contributed by atoms with Gasteiger partial charge in [-0.2, -0.15) is 0 Å². The molecule has 1 saturated heterocycles. The summed E-state index contributed by atoms with van der Waals surface area (Å²) in [7, 11) is 2.16. The third kappa shape index (κ3) is 4.65. The number of hydrogen-bond donors (Lipinski definition) is 2. The van der Waals surface area contributed by atoms with Gasteiger partial charge in [0.15, 0.2) is 0 Å². The number of nitrogens with one attached hydrogen (secondary N) is 2. The number of likely N-dealkylation sites (N-methyl/N-ethyl adjacent to an activating group) is 1. The van der Waals surface area contributed by atoms with E-state index in [1.807, 2.05) is 30.3 Å². The smallest absolute Gasteiger partial charge is 0.238 e. The van der Waals surface area contributed by atoms with E-state index in [0.29, 0.717) is 12.6 Å². The molecule has 4 heteroatoms. The first kappa shape index (κ1) is 14.0. The van der Waals surface area contributed by atoms with E-state index in [2.05, 4.69) is 22.6 Å². The zero-order valence-electron chi connectivity index (χ0n) is 11.6. The highest BCUT2D eigenvalue weighted by atomic mass is 16.1. The van der Waals surface area contributed by atoms with Crippen molar-refractivity contribution in [3.8, 4) is 0 Å². The Hall–Kier alpha value is -1.39. The third-order valence-electron chi connectivity index (χ3n) is 3.64. The van der Waals surface area contributed by atoms with Crippen LogP contribution in [0.25, 0.3) is 0 Å². The number of rotatable bonds is 5. The van der Waals surface area contributed by atoms with E-state index in [9.17, 15) is 4.79 Å². The van der Waals surface area contributed by atoms with Crippen molar-refractivity contribution in [2.75, 3.05) is 32.0 Å². The average molecular weight is 261 g/mol. The van der Waals surface area contributed by atoms with Gasteiger partial charge in [-0.15, -0.1) is 0 Å². The van der Waals surface area contributed by atoms with Crippen LogP contribution in [0.5, 0.6) is 0 Å². The number of carbonyl (C=O) groups is 1. The minimum atomic E-state index is 0.0182. The zero-order valence-corrected chi connectivity index (χ0v) is 11.6. The first-order valence-corrected chi connectivity index (χ1v) is 7.01. The summed E-state index contributed by atoms with van der Waals surface area (Å²) in [5, 5.41) is 6.13.